The lowest BCUT2D eigenvalue weighted by molar-refractivity contribution is -0.0504. The lowest BCUT2D eigenvalue weighted by Gasteiger charge is -2.15. The van der Waals surface area contributed by atoms with Gasteiger partial charge in [0.2, 0.25) is 5.89 Å². The third-order valence-electron chi connectivity index (χ3n) is 3.87. The Hall–Kier alpha value is -3.14. The second-order valence-electron chi connectivity index (χ2n) is 5.75. The predicted molar refractivity (Wildman–Crippen MR) is 106 cm³/mol. The zero-order valence-electron chi connectivity index (χ0n) is 15.8. The number of nitrogens with one attached hydrogen (secondary N) is 2. The highest BCUT2D eigenvalue weighted by Crippen LogP contribution is 2.26. The summed E-state index contributed by atoms with van der Waals surface area (Å²) in [6.45, 7) is -2.32. The molecule has 0 unspecified atom stereocenters. The first kappa shape index (κ1) is 20.6. The van der Waals surface area contributed by atoms with E-state index >= 15 is 0 Å². The maximum absolute atomic E-state index is 12.6. The second kappa shape index (κ2) is 9.87. The summed E-state index contributed by atoms with van der Waals surface area (Å²) in [7, 11) is 3.11. The van der Waals surface area contributed by atoms with Crippen LogP contribution < -0.4 is 20.1 Å². The number of ether oxygens (including phenoxy) is 2. The third-order valence-corrected chi connectivity index (χ3v) is 4.73. The Bertz CT molecular complexity index is 945. The Morgan fingerprint density at radius 3 is 2.79 bits per heavy atom. The van der Waals surface area contributed by atoms with E-state index in [-0.39, 0.29) is 12.3 Å². The third kappa shape index (κ3) is 5.67. The number of oxazole rings is 1. The van der Waals surface area contributed by atoms with Gasteiger partial charge in [0.25, 0.3) is 0 Å². The van der Waals surface area contributed by atoms with Gasteiger partial charge in [-0.15, -0.1) is 11.3 Å². The number of guanidine groups is 1. The molecule has 3 rings (SSSR count). The number of nitrogens with zero attached hydrogens (tertiary/aromatic N) is 2. The van der Waals surface area contributed by atoms with Gasteiger partial charge in [0.1, 0.15) is 17.8 Å². The monoisotopic (exact) mass is 422 g/mol. The van der Waals surface area contributed by atoms with Gasteiger partial charge in [-0.25, -0.2) is 4.98 Å². The van der Waals surface area contributed by atoms with Crippen LogP contribution in [0.25, 0.3) is 10.8 Å². The maximum atomic E-state index is 12.6. The molecule has 0 amide bonds. The molecule has 0 spiro atoms. The van der Waals surface area contributed by atoms with E-state index in [0.29, 0.717) is 35.4 Å². The van der Waals surface area contributed by atoms with Gasteiger partial charge in [-0.05, 0) is 29.6 Å². The molecule has 1 aromatic carbocycles. The van der Waals surface area contributed by atoms with Crippen LogP contribution >= 0.6 is 11.3 Å². The number of benzene rings is 1. The number of methoxy groups -OCH3 is 1. The van der Waals surface area contributed by atoms with Crippen LogP contribution in [0.5, 0.6) is 11.5 Å². The van der Waals surface area contributed by atoms with Crippen molar-refractivity contribution in [2.75, 3.05) is 14.2 Å². The van der Waals surface area contributed by atoms with Crippen LogP contribution in [0.4, 0.5) is 8.78 Å². The van der Waals surface area contributed by atoms with E-state index in [4.69, 9.17) is 9.15 Å². The van der Waals surface area contributed by atoms with Crippen LogP contribution in [0.15, 0.2) is 51.4 Å². The standard InChI is InChI=1S/C19H20F2N4O3S/c1-22-19(24-10-13-11-27-17(25-13)16-4-3-7-29-16)23-9-12-8-14(26-2)5-6-15(12)28-18(20)21/h3-8,11,18H,9-10H2,1-2H3,(H2,22,23,24). The molecule has 7 nitrogen and oxygen atoms in total. The van der Waals surface area contributed by atoms with Crippen molar-refractivity contribution < 1.29 is 22.7 Å². The molecule has 154 valence electrons. The van der Waals surface area contributed by atoms with Crippen molar-refractivity contribution in [1.82, 2.24) is 15.6 Å². The van der Waals surface area contributed by atoms with Gasteiger partial charge < -0.3 is 24.5 Å². The minimum absolute atomic E-state index is 0.0702. The molecule has 0 aliphatic rings. The van der Waals surface area contributed by atoms with E-state index in [1.54, 1.807) is 36.8 Å². The minimum Gasteiger partial charge on any atom is -0.497 e. The lowest BCUT2D eigenvalue weighted by atomic mass is 10.2. The molecule has 0 aliphatic carbocycles. The summed E-state index contributed by atoms with van der Waals surface area (Å²) < 4.78 is 40.5. The van der Waals surface area contributed by atoms with Crippen molar-refractivity contribution in [2.45, 2.75) is 19.7 Å². The molecule has 2 heterocycles. The van der Waals surface area contributed by atoms with E-state index in [1.165, 1.54) is 13.2 Å². The predicted octanol–water partition coefficient (Wildman–Crippen LogP) is 3.88. The number of alkyl halides is 2. The van der Waals surface area contributed by atoms with E-state index in [9.17, 15) is 8.78 Å². The zero-order chi connectivity index (χ0) is 20.6. The summed E-state index contributed by atoms with van der Waals surface area (Å²) in [6, 6.07) is 8.49. The van der Waals surface area contributed by atoms with Crippen LogP contribution in [0.3, 0.4) is 0 Å². The SMILES string of the molecule is CN=C(NCc1coc(-c2cccs2)n1)NCc1cc(OC)ccc1OC(F)F. The number of hydrogen-bond acceptors (Lipinski definition) is 6. The Labute approximate surface area is 170 Å². The average Bonchev–Trinajstić information content (AvgIpc) is 3.40. The maximum Gasteiger partial charge on any atom is 0.387 e. The van der Waals surface area contributed by atoms with Gasteiger partial charge in [-0.2, -0.15) is 8.78 Å². The Morgan fingerprint density at radius 2 is 2.10 bits per heavy atom. The fraction of sp³-hybridized carbons (Fsp3) is 0.263. The first-order valence-electron chi connectivity index (χ1n) is 8.63. The smallest absolute Gasteiger partial charge is 0.387 e. The summed E-state index contributed by atoms with van der Waals surface area (Å²) in [5.74, 6) is 1.64. The molecule has 0 atom stereocenters. The lowest BCUT2D eigenvalue weighted by Crippen LogP contribution is -2.36. The van der Waals surface area contributed by atoms with Crippen molar-refractivity contribution in [3.05, 3.63) is 53.2 Å². The second-order valence-corrected chi connectivity index (χ2v) is 6.70. The molecule has 3 aromatic rings. The van der Waals surface area contributed by atoms with Crippen molar-refractivity contribution in [3.63, 3.8) is 0 Å². The zero-order valence-corrected chi connectivity index (χ0v) is 16.6. The van der Waals surface area contributed by atoms with Gasteiger partial charge >= 0.3 is 6.61 Å². The van der Waals surface area contributed by atoms with Crippen molar-refractivity contribution >= 4 is 17.3 Å². The molecule has 0 radical (unpaired) electrons. The molecule has 0 fully saturated rings. The molecule has 0 saturated heterocycles. The highest BCUT2D eigenvalue weighted by molar-refractivity contribution is 7.13. The molecule has 2 aromatic heterocycles. The quantitative estimate of drug-likeness (QED) is 0.424. The van der Waals surface area contributed by atoms with Crippen LogP contribution in [-0.4, -0.2) is 31.7 Å². The van der Waals surface area contributed by atoms with Gasteiger partial charge in [-0.1, -0.05) is 6.07 Å². The normalized spacial score (nSPS) is 11.6. The minimum atomic E-state index is -2.91. The number of rotatable bonds is 8. The number of aliphatic imine (C=N–C) groups is 1. The molecule has 0 bridgehead atoms. The number of hydrogen-bond donors (Lipinski definition) is 2. The van der Waals surface area contributed by atoms with E-state index in [0.717, 1.165) is 4.88 Å². The van der Waals surface area contributed by atoms with Gasteiger partial charge in [-0.3, -0.25) is 4.99 Å². The number of aromatic nitrogens is 1. The highest BCUT2D eigenvalue weighted by atomic mass is 32.1. The number of halogens is 2. The Morgan fingerprint density at radius 1 is 1.28 bits per heavy atom. The average molecular weight is 422 g/mol. The molecule has 29 heavy (non-hydrogen) atoms. The Kier molecular flexibility index (Phi) is 7.01. The van der Waals surface area contributed by atoms with Gasteiger partial charge in [0.05, 0.1) is 24.2 Å². The highest BCUT2D eigenvalue weighted by Gasteiger charge is 2.12. The van der Waals surface area contributed by atoms with Gasteiger partial charge in [0.15, 0.2) is 5.96 Å². The topological polar surface area (TPSA) is 80.9 Å². The van der Waals surface area contributed by atoms with Crippen LogP contribution in [0.2, 0.25) is 0 Å². The van der Waals surface area contributed by atoms with Crippen LogP contribution in [0.1, 0.15) is 11.3 Å². The van der Waals surface area contributed by atoms with Crippen LogP contribution in [0, 0.1) is 0 Å². The Balaban J connectivity index is 1.59. The fourth-order valence-corrected chi connectivity index (χ4v) is 3.16. The fourth-order valence-electron chi connectivity index (χ4n) is 2.51. The van der Waals surface area contributed by atoms with Crippen molar-refractivity contribution in [1.29, 1.82) is 0 Å². The molecular formula is C19H20F2N4O3S. The molecule has 2 N–H and O–H groups in total. The molecule has 0 aliphatic heterocycles. The summed E-state index contributed by atoms with van der Waals surface area (Å²) >= 11 is 1.54. The van der Waals surface area contributed by atoms with Crippen molar-refractivity contribution in [2.24, 2.45) is 4.99 Å². The number of thiophene rings is 1. The van der Waals surface area contributed by atoms with Crippen molar-refractivity contribution in [3.8, 4) is 22.3 Å². The summed E-state index contributed by atoms with van der Waals surface area (Å²) in [5, 5.41) is 8.11. The van der Waals surface area contributed by atoms with E-state index < -0.39 is 6.61 Å². The van der Waals surface area contributed by atoms with E-state index in [1.807, 2.05) is 17.5 Å². The van der Waals surface area contributed by atoms with E-state index in [2.05, 4.69) is 25.3 Å². The summed E-state index contributed by atoms with van der Waals surface area (Å²) in [6.07, 6.45) is 1.58. The summed E-state index contributed by atoms with van der Waals surface area (Å²) in [4.78, 5) is 9.50. The first-order valence-corrected chi connectivity index (χ1v) is 9.51. The molecule has 0 saturated carbocycles. The molecular weight excluding hydrogens is 402 g/mol. The van der Waals surface area contributed by atoms with Crippen LogP contribution in [-0.2, 0) is 13.1 Å². The van der Waals surface area contributed by atoms with Gasteiger partial charge in [0, 0.05) is 19.2 Å². The summed E-state index contributed by atoms with van der Waals surface area (Å²) in [5.41, 5.74) is 1.22. The largest absolute Gasteiger partial charge is 0.497 e. The molecule has 10 heteroatoms. The first-order chi connectivity index (χ1) is 14.1.